The molecule has 1 aromatic carbocycles. The number of carbonyl (C=O) groups excluding carboxylic acids is 1. The van der Waals surface area contributed by atoms with Gasteiger partial charge in [-0.05, 0) is 43.4 Å². The minimum atomic E-state index is 0.219. The molecule has 0 amide bonds. The number of carbonyl (C=O) groups is 1. The Morgan fingerprint density at radius 3 is 2.58 bits per heavy atom. The first-order valence-corrected chi connectivity index (χ1v) is 7.39. The van der Waals surface area contributed by atoms with Gasteiger partial charge in [0.15, 0.2) is 17.1 Å². The van der Waals surface area contributed by atoms with Crippen LogP contribution in [-0.2, 0) is 0 Å². The molecule has 0 aromatic heterocycles. The van der Waals surface area contributed by atoms with Gasteiger partial charge >= 0.3 is 0 Å². The molecular formula is C14H15N3OS. The molecule has 0 bridgehead atoms. The van der Waals surface area contributed by atoms with E-state index >= 15 is 0 Å². The van der Waals surface area contributed by atoms with E-state index < -0.39 is 0 Å². The highest BCUT2D eigenvalue weighted by Gasteiger charge is 2.25. The summed E-state index contributed by atoms with van der Waals surface area (Å²) in [7, 11) is 0. The van der Waals surface area contributed by atoms with Crippen LogP contribution in [0, 0.1) is 17.4 Å². The normalized spacial score (nSPS) is 15.5. The van der Waals surface area contributed by atoms with Crippen molar-refractivity contribution >= 4 is 28.4 Å². The molecule has 4 nitrogen and oxygen atoms in total. The van der Waals surface area contributed by atoms with Crippen LogP contribution in [0.3, 0.4) is 0 Å². The van der Waals surface area contributed by atoms with Gasteiger partial charge in [-0.15, -0.1) is 0 Å². The summed E-state index contributed by atoms with van der Waals surface area (Å²) in [6, 6.07) is 7.23. The molecule has 0 spiro atoms. The lowest BCUT2D eigenvalue weighted by atomic mass is 9.80. The Morgan fingerprint density at radius 2 is 2.11 bits per heavy atom. The first-order chi connectivity index (χ1) is 9.24. The molecule has 98 valence electrons. The molecule has 1 N–H and O–H groups in total. The number of nitrogens with zero attached hydrogens (tertiary/aromatic N) is 2. The summed E-state index contributed by atoms with van der Waals surface area (Å²) in [5.74, 6) is 0.457. The molecule has 1 aliphatic carbocycles. The Labute approximate surface area is 116 Å². The van der Waals surface area contributed by atoms with Gasteiger partial charge < -0.3 is 0 Å². The van der Waals surface area contributed by atoms with E-state index in [0.717, 1.165) is 30.5 Å². The Hall–Kier alpha value is -1.80. The first-order valence-electron chi connectivity index (χ1n) is 6.16. The summed E-state index contributed by atoms with van der Waals surface area (Å²) in [4.78, 5) is 16.3. The summed E-state index contributed by atoms with van der Waals surface area (Å²) >= 11 is 1.37. The van der Waals surface area contributed by atoms with Crippen molar-refractivity contribution in [3.05, 3.63) is 29.8 Å². The number of nitrogens with one attached hydrogen (secondary N) is 1. The lowest BCUT2D eigenvalue weighted by Crippen LogP contribution is -2.21. The third kappa shape index (κ3) is 3.36. The average molecular weight is 273 g/mol. The van der Waals surface area contributed by atoms with Gasteiger partial charge in [0.05, 0.1) is 5.69 Å². The number of hydrogen-bond donors (Lipinski definition) is 1. The summed E-state index contributed by atoms with van der Waals surface area (Å²) in [5, 5.41) is 11.6. The van der Waals surface area contributed by atoms with Gasteiger partial charge in [0.25, 0.3) is 0 Å². The maximum absolute atomic E-state index is 12.0. The summed E-state index contributed by atoms with van der Waals surface area (Å²) in [6.07, 6.45) is 6.88. The Bertz CT molecular complexity index is 527. The molecule has 1 saturated carbocycles. The Morgan fingerprint density at radius 1 is 1.42 bits per heavy atom. The van der Waals surface area contributed by atoms with Gasteiger partial charge in [0.1, 0.15) is 0 Å². The number of nitriles is 1. The molecule has 1 fully saturated rings. The predicted octanol–water partition coefficient (Wildman–Crippen LogP) is 3.09. The molecule has 5 heteroatoms. The summed E-state index contributed by atoms with van der Waals surface area (Å²) < 4.78 is 0. The predicted molar refractivity (Wildman–Crippen MR) is 77.5 cm³/mol. The monoisotopic (exact) mass is 273 g/mol. The van der Waals surface area contributed by atoms with Gasteiger partial charge in [-0.2, -0.15) is 5.26 Å². The van der Waals surface area contributed by atoms with Crippen LogP contribution in [0.4, 0.5) is 5.69 Å². The molecule has 0 saturated heterocycles. The van der Waals surface area contributed by atoms with Crippen molar-refractivity contribution in [2.45, 2.75) is 19.3 Å². The minimum absolute atomic E-state index is 0.219. The summed E-state index contributed by atoms with van der Waals surface area (Å²) in [6.45, 7) is 0. The van der Waals surface area contributed by atoms with Crippen LogP contribution in [0.25, 0.3) is 0 Å². The number of aliphatic imine (C=N–C) groups is 1. The van der Waals surface area contributed by atoms with Gasteiger partial charge in [0.2, 0.25) is 0 Å². The van der Waals surface area contributed by atoms with Crippen LogP contribution in [0.1, 0.15) is 29.6 Å². The van der Waals surface area contributed by atoms with Crippen LogP contribution in [0.2, 0.25) is 0 Å². The van der Waals surface area contributed by atoms with Crippen LogP contribution in [-0.4, -0.2) is 17.2 Å². The van der Waals surface area contributed by atoms with E-state index in [-0.39, 0.29) is 11.7 Å². The molecular weight excluding hydrogens is 258 g/mol. The maximum Gasteiger partial charge on any atom is 0.183 e. The van der Waals surface area contributed by atoms with Crippen molar-refractivity contribution in [2.75, 3.05) is 6.26 Å². The third-order valence-electron chi connectivity index (χ3n) is 3.21. The van der Waals surface area contributed by atoms with Crippen LogP contribution in [0.15, 0.2) is 29.3 Å². The maximum atomic E-state index is 12.0. The van der Waals surface area contributed by atoms with E-state index in [9.17, 15) is 4.79 Å². The standard InChI is InChI=1S/C14H15N3OS/c1-19-14(16-9-15)17-12-7-5-11(6-8-12)13(18)10-3-2-4-10/h5-8,10H,2-4H2,1H3,(H,16,17). The highest BCUT2D eigenvalue weighted by atomic mass is 32.2. The molecule has 19 heavy (non-hydrogen) atoms. The van der Waals surface area contributed by atoms with E-state index in [1.54, 1.807) is 12.1 Å². The van der Waals surface area contributed by atoms with Gasteiger partial charge in [-0.3, -0.25) is 10.1 Å². The molecule has 1 aromatic rings. The van der Waals surface area contributed by atoms with Crippen molar-refractivity contribution in [1.29, 1.82) is 5.26 Å². The minimum Gasteiger partial charge on any atom is -0.294 e. The zero-order valence-corrected chi connectivity index (χ0v) is 11.5. The average Bonchev–Trinajstić information content (AvgIpc) is 2.37. The van der Waals surface area contributed by atoms with Crippen molar-refractivity contribution in [3.63, 3.8) is 0 Å². The van der Waals surface area contributed by atoms with Gasteiger partial charge in [0, 0.05) is 11.5 Å². The van der Waals surface area contributed by atoms with Crippen molar-refractivity contribution < 1.29 is 4.79 Å². The molecule has 2 rings (SSSR count). The number of ketones is 1. The second-order valence-corrected chi connectivity index (χ2v) is 5.19. The van der Waals surface area contributed by atoms with E-state index in [1.807, 2.05) is 24.6 Å². The van der Waals surface area contributed by atoms with E-state index in [2.05, 4.69) is 10.3 Å². The second-order valence-electron chi connectivity index (χ2n) is 4.40. The van der Waals surface area contributed by atoms with Gasteiger partial charge in [-0.25, -0.2) is 4.99 Å². The number of rotatable bonds is 3. The fourth-order valence-corrected chi connectivity index (χ4v) is 2.24. The quantitative estimate of drug-likeness (QED) is 0.302. The van der Waals surface area contributed by atoms with Crippen molar-refractivity contribution in [2.24, 2.45) is 10.9 Å². The fraction of sp³-hybridized carbons (Fsp3) is 0.357. The smallest absolute Gasteiger partial charge is 0.183 e. The molecule has 0 atom stereocenters. The number of Topliss-reactive ketones (excluding diaryl/α,β-unsaturated/α-hetero) is 1. The molecule has 1 aliphatic rings. The zero-order valence-electron chi connectivity index (χ0n) is 10.7. The Kier molecular flexibility index (Phi) is 4.58. The lowest BCUT2D eigenvalue weighted by molar-refractivity contribution is 0.0855. The third-order valence-corrected chi connectivity index (χ3v) is 3.79. The number of thioether (sulfide) groups is 1. The largest absolute Gasteiger partial charge is 0.294 e. The fourth-order valence-electron chi connectivity index (χ4n) is 1.90. The van der Waals surface area contributed by atoms with E-state index in [0.29, 0.717) is 5.17 Å². The van der Waals surface area contributed by atoms with Gasteiger partial charge in [-0.1, -0.05) is 18.2 Å². The molecule has 0 aliphatic heterocycles. The van der Waals surface area contributed by atoms with Crippen LogP contribution < -0.4 is 5.32 Å². The lowest BCUT2D eigenvalue weighted by Gasteiger charge is -2.23. The van der Waals surface area contributed by atoms with Crippen LogP contribution in [0.5, 0.6) is 0 Å². The molecule has 0 radical (unpaired) electrons. The summed E-state index contributed by atoms with van der Waals surface area (Å²) in [5.41, 5.74) is 1.49. The topological polar surface area (TPSA) is 65.2 Å². The second kappa shape index (κ2) is 6.39. The van der Waals surface area contributed by atoms with Crippen molar-refractivity contribution in [3.8, 4) is 6.19 Å². The first kappa shape index (κ1) is 13.6. The highest BCUT2D eigenvalue weighted by molar-refractivity contribution is 8.13. The highest BCUT2D eigenvalue weighted by Crippen LogP contribution is 2.30. The van der Waals surface area contributed by atoms with E-state index in [4.69, 9.17) is 5.26 Å². The number of hydrogen-bond acceptors (Lipinski definition) is 4. The number of amidine groups is 1. The SMILES string of the molecule is CSC(=Nc1ccc(C(=O)C2CCC2)cc1)NC#N. The Balaban J connectivity index is 2.09. The molecule has 0 unspecified atom stereocenters. The van der Waals surface area contributed by atoms with Crippen molar-refractivity contribution in [1.82, 2.24) is 5.32 Å². The van der Waals surface area contributed by atoms with Crippen LogP contribution >= 0.6 is 11.8 Å². The molecule has 0 heterocycles. The number of benzene rings is 1. The van der Waals surface area contributed by atoms with E-state index in [1.165, 1.54) is 11.8 Å². The zero-order chi connectivity index (χ0) is 13.7.